The zero-order valence-electron chi connectivity index (χ0n) is 27.1. The molecule has 0 aliphatic rings. The maximum absolute atomic E-state index is 11.5. The summed E-state index contributed by atoms with van der Waals surface area (Å²) in [6.45, 7) is 8.05. The molecule has 1 heterocycles. The summed E-state index contributed by atoms with van der Waals surface area (Å²) in [5.74, 6) is 1.34. The summed E-state index contributed by atoms with van der Waals surface area (Å²) in [7, 11) is 1.37. The van der Waals surface area contributed by atoms with Crippen molar-refractivity contribution in [2.75, 3.05) is 25.6 Å². The van der Waals surface area contributed by atoms with Crippen molar-refractivity contribution in [2.45, 2.75) is 33.7 Å². The van der Waals surface area contributed by atoms with Gasteiger partial charge in [0.15, 0.2) is 0 Å². The Kier molecular flexibility index (Phi) is 11.1. The maximum atomic E-state index is 11.5. The van der Waals surface area contributed by atoms with Gasteiger partial charge in [-0.2, -0.15) is 0 Å². The number of methoxy groups -OCH3 is 1. The molecule has 4 aromatic carbocycles. The lowest BCUT2D eigenvalue weighted by Crippen LogP contribution is -2.14. The van der Waals surface area contributed by atoms with Gasteiger partial charge < -0.3 is 19.4 Å². The van der Waals surface area contributed by atoms with Crippen molar-refractivity contribution in [3.05, 3.63) is 124 Å². The van der Waals surface area contributed by atoms with Crippen LogP contribution in [0, 0.1) is 5.41 Å². The van der Waals surface area contributed by atoms with Crippen LogP contribution in [0.4, 0.5) is 5.69 Å². The first-order valence-corrected chi connectivity index (χ1v) is 16.3. The number of hydrogen-bond donors (Lipinski definition) is 1. The molecule has 0 aliphatic heterocycles. The lowest BCUT2D eigenvalue weighted by Gasteiger charge is -2.18. The minimum atomic E-state index is -0.321. The Balaban J connectivity index is 1.34. The van der Waals surface area contributed by atoms with E-state index in [2.05, 4.69) is 73.1 Å². The fourth-order valence-corrected chi connectivity index (χ4v) is 5.39. The van der Waals surface area contributed by atoms with Crippen molar-refractivity contribution < 1.29 is 14.3 Å². The Morgan fingerprint density at radius 1 is 0.915 bits per heavy atom. The summed E-state index contributed by atoms with van der Waals surface area (Å²) >= 11 is 12.7. The van der Waals surface area contributed by atoms with Crippen molar-refractivity contribution in [1.82, 2.24) is 9.55 Å². The Morgan fingerprint density at radius 3 is 2.38 bits per heavy atom. The molecule has 1 N–H and O–H groups in total. The topological polar surface area (TPSA) is 65.4 Å². The van der Waals surface area contributed by atoms with Crippen LogP contribution in [0.5, 0.6) is 5.75 Å². The molecule has 6 nitrogen and oxygen atoms in total. The predicted molar refractivity (Wildman–Crippen MR) is 194 cm³/mol. The first-order valence-electron chi connectivity index (χ1n) is 15.5. The summed E-state index contributed by atoms with van der Waals surface area (Å²) in [5, 5.41) is 4.18. The lowest BCUT2D eigenvalue weighted by molar-refractivity contribution is -0.138. The van der Waals surface area contributed by atoms with Gasteiger partial charge in [-0.15, -0.1) is 0 Å². The molecule has 0 spiro atoms. The van der Waals surface area contributed by atoms with Crippen LogP contribution >= 0.6 is 23.2 Å². The highest BCUT2D eigenvalue weighted by Gasteiger charge is 2.13. The molecule has 47 heavy (non-hydrogen) atoms. The van der Waals surface area contributed by atoms with Gasteiger partial charge in [0, 0.05) is 29.0 Å². The molecule has 0 aliphatic carbocycles. The van der Waals surface area contributed by atoms with Crippen molar-refractivity contribution in [2.24, 2.45) is 5.41 Å². The first kappa shape index (κ1) is 33.8. The molecule has 0 amide bonds. The molecule has 0 saturated carbocycles. The molecular weight excluding hydrogens is 629 g/mol. The molecule has 5 rings (SSSR count). The summed E-state index contributed by atoms with van der Waals surface area (Å²) in [4.78, 5) is 16.4. The van der Waals surface area contributed by atoms with Crippen LogP contribution in [0.3, 0.4) is 0 Å². The number of imidazole rings is 1. The normalized spacial score (nSPS) is 11.5. The minimum absolute atomic E-state index is 0.108. The van der Waals surface area contributed by atoms with Crippen molar-refractivity contribution >= 4 is 47.0 Å². The number of halogens is 2. The molecule has 0 bridgehead atoms. The third kappa shape index (κ3) is 9.74. The van der Waals surface area contributed by atoms with Crippen LogP contribution in [-0.2, 0) is 16.1 Å². The number of hydrogen-bond acceptors (Lipinski definition) is 5. The second kappa shape index (κ2) is 15.4. The van der Waals surface area contributed by atoms with E-state index in [1.807, 2.05) is 60.8 Å². The van der Waals surface area contributed by atoms with Crippen LogP contribution in [0.15, 0.2) is 97.2 Å². The summed E-state index contributed by atoms with van der Waals surface area (Å²) < 4.78 is 12.8. The molecule has 0 unspecified atom stereocenters. The largest absolute Gasteiger partial charge is 0.494 e. The van der Waals surface area contributed by atoms with E-state index in [9.17, 15) is 4.79 Å². The van der Waals surface area contributed by atoms with Crippen LogP contribution in [0.2, 0.25) is 10.0 Å². The van der Waals surface area contributed by atoms with Gasteiger partial charge in [0.25, 0.3) is 0 Å². The van der Waals surface area contributed by atoms with Crippen molar-refractivity contribution in [3.63, 3.8) is 0 Å². The van der Waals surface area contributed by atoms with Gasteiger partial charge >= 0.3 is 5.97 Å². The van der Waals surface area contributed by atoms with Crippen molar-refractivity contribution in [1.29, 1.82) is 0 Å². The lowest BCUT2D eigenvalue weighted by atomic mass is 9.93. The molecule has 1 aromatic heterocycles. The SMILES string of the molecule is COC(=O)CNc1ccc(Cn2cc(-c3ccc(Cl)cc3Cl)nc2/C=C/c2ccc(-c3cccc(OCCC(C)(C)C)c3)cc2)cc1. The highest BCUT2D eigenvalue weighted by molar-refractivity contribution is 6.36. The molecule has 0 radical (unpaired) electrons. The highest BCUT2D eigenvalue weighted by atomic mass is 35.5. The molecule has 0 fully saturated rings. The smallest absolute Gasteiger partial charge is 0.325 e. The van der Waals surface area contributed by atoms with Crippen LogP contribution in [0.1, 0.15) is 44.1 Å². The standard InChI is InChI=1S/C39H39Cl2N3O3/c1-39(2,3)20-21-47-33-7-5-6-30(22-33)29-13-8-27(9-14-29)12-19-37-43-36(34-18-15-31(40)23-35(34)41)26-44(37)25-28-10-16-32(17-11-28)42-24-38(45)46-4/h5-19,22-23,26,42H,20-21,24-25H2,1-4H3/b19-12+. The Bertz CT molecular complexity index is 1840. The number of esters is 1. The van der Waals surface area contributed by atoms with Gasteiger partial charge in [-0.1, -0.05) is 98.6 Å². The van der Waals surface area contributed by atoms with Gasteiger partial charge in [-0.3, -0.25) is 4.79 Å². The number of rotatable bonds is 12. The third-order valence-corrected chi connectivity index (χ3v) is 8.16. The molecule has 242 valence electrons. The average Bonchev–Trinajstić information content (AvgIpc) is 3.44. The van der Waals surface area contributed by atoms with Crippen LogP contribution in [-0.4, -0.2) is 35.8 Å². The second-order valence-electron chi connectivity index (χ2n) is 12.5. The Hall–Kier alpha value is -4.52. The van der Waals surface area contributed by atoms with E-state index in [1.54, 1.807) is 6.07 Å². The molecule has 8 heteroatoms. The average molecular weight is 669 g/mol. The van der Waals surface area contributed by atoms with E-state index in [-0.39, 0.29) is 17.9 Å². The van der Waals surface area contributed by atoms with E-state index in [0.717, 1.165) is 57.2 Å². The number of carbonyl (C=O) groups is 1. The summed E-state index contributed by atoms with van der Waals surface area (Å²) in [6.07, 6.45) is 7.06. The van der Waals surface area contributed by atoms with Gasteiger partial charge in [0.05, 0.1) is 24.4 Å². The number of aromatic nitrogens is 2. The van der Waals surface area contributed by atoms with Gasteiger partial charge in [0.2, 0.25) is 0 Å². The van der Waals surface area contributed by atoms with E-state index in [1.165, 1.54) is 7.11 Å². The van der Waals surface area contributed by atoms with Gasteiger partial charge in [-0.05, 0) is 82.6 Å². The van der Waals surface area contributed by atoms with Gasteiger partial charge in [-0.25, -0.2) is 4.98 Å². The highest BCUT2D eigenvalue weighted by Crippen LogP contribution is 2.31. The second-order valence-corrected chi connectivity index (χ2v) is 13.3. The molecular formula is C39H39Cl2N3O3. The number of carbonyl (C=O) groups excluding carboxylic acids is 1. The number of ether oxygens (including phenoxy) is 2. The predicted octanol–water partition coefficient (Wildman–Crippen LogP) is 10.1. The number of nitrogens with one attached hydrogen (secondary N) is 1. The summed E-state index contributed by atoms with van der Waals surface area (Å²) in [5.41, 5.74) is 6.98. The van der Waals surface area contributed by atoms with Crippen LogP contribution < -0.4 is 10.1 Å². The minimum Gasteiger partial charge on any atom is -0.494 e. The number of anilines is 1. The fraction of sp³-hybridized carbons (Fsp3) is 0.231. The van der Waals surface area contributed by atoms with E-state index in [0.29, 0.717) is 23.2 Å². The molecule has 0 atom stereocenters. The zero-order valence-corrected chi connectivity index (χ0v) is 28.6. The van der Waals surface area contributed by atoms with E-state index in [4.69, 9.17) is 37.7 Å². The van der Waals surface area contributed by atoms with E-state index < -0.39 is 0 Å². The quantitative estimate of drug-likeness (QED) is 0.134. The monoisotopic (exact) mass is 667 g/mol. The molecule has 0 saturated heterocycles. The Labute approximate surface area is 287 Å². The molecule has 5 aromatic rings. The fourth-order valence-electron chi connectivity index (χ4n) is 4.89. The third-order valence-electron chi connectivity index (χ3n) is 7.61. The maximum Gasteiger partial charge on any atom is 0.325 e. The van der Waals surface area contributed by atoms with E-state index >= 15 is 0 Å². The first-order chi connectivity index (χ1) is 22.6. The van der Waals surface area contributed by atoms with Gasteiger partial charge in [0.1, 0.15) is 18.1 Å². The Morgan fingerprint density at radius 2 is 1.68 bits per heavy atom. The zero-order chi connectivity index (χ0) is 33.4. The number of benzene rings is 4. The van der Waals surface area contributed by atoms with Crippen molar-refractivity contribution in [3.8, 4) is 28.1 Å². The summed E-state index contributed by atoms with van der Waals surface area (Å²) in [6, 6.07) is 30.0. The van der Waals surface area contributed by atoms with Crippen LogP contribution in [0.25, 0.3) is 34.5 Å². The number of nitrogens with zero attached hydrogens (tertiary/aromatic N) is 2.